The number of nitro groups is 1. The highest BCUT2D eigenvalue weighted by Gasteiger charge is 2.12. The number of benzene rings is 2. The van der Waals surface area contributed by atoms with Crippen molar-refractivity contribution in [3.05, 3.63) is 74.8 Å². The first-order valence-corrected chi connectivity index (χ1v) is 7.27. The number of amides is 1. The van der Waals surface area contributed by atoms with Gasteiger partial charge in [-0.25, -0.2) is 4.79 Å². The Kier molecular flexibility index (Phi) is 5.86. The molecule has 0 spiro atoms. The van der Waals surface area contributed by atoms with Gasteiger partial charge in [0.05, 0.1) is 10.5 Å². The third-order valence-electron chi connectivity index (χ3n) is 3.08. The molecule has 0 saturated heterocycles. The van der Waals surface area contributed by atoms with E-state index in [-0.39, 0.29) is 17.8 Å². The SMILES string of the molecule is O=C(COC(=O)c1ccc([N+](=O)[O-])cc1)NCc1ccccc1Cl. The summed E-state index contributed by atoms with van der Waals surface area (Å²) in [5.74, 6) is -1.22. The molecule has 2 rings (SSSR count). The first-order chi connectivity index (χ1) is 11.5. The fourth-order valence-electron chi connectivity index (χ4n) is 1.82. The number of non-ortho nitro benzene ring substituents is 1. The van der Waals surface area contributed by atoms with Crippen LogP contribution in [0.2, 0.25) is 5.02 Å². The van der Waals surface area contributed by atoms with Crippen LogP contribution in [0.3, 0.4) is 0 Å². The number of nitrogens with zero attached hydrogens (tertiary/aromatic N) is 1. The molecule has 0 aliphatic rings. The molecule has 1 N–H and O–H groups in total. The standard InChI is InChI=1S/C16H13ClN2O5/c17-14-4-2-1-3-12(14)9-18-15(20)10-24-16(21)11-5-7-13(8-6-11)19(22)23/h1-8H,9-10H2,(H,18,20). The van der Waals surface area contributed by atoms with Crippen LogP contribution in [-0.2, 0) is 16.1 Å². The van der Waals surface area contributed by atoms with Gasteiger partial charge in [0.1, 0.15) is 0 Å². The Balaban J connectivity index is 1.81. The molecule has 0 heterocycles. The van der Waals surface area contributed by atoms with E-state index in [4.69, 9.17) is 16.3 Å². The van der Waals surface area contributed by atoms with E-state index in [1.807, 2.05) is 0 Å². The minimum Gasteiger partial charge on any atom is -0.452 e. The Morgan fingerprint density at radius 3 is 2.42 bits per heavy atom. The van der Waals surface area contributed by atoms with Crippen molar-refractivity contribution in [2.45, 2.75) is 6.54 Å². The molecule has 0 bridgehead atoms. The van der Waals surface area contributed by atoms with Crippen molar-refractivity contribution in [2.75, 3.05) is 6.61 Å². The van der Waals surface area contributed by atoms with E-state index in [2.05, 4.69) is 5.32 Å². The smallest absolute Gasteiger partial charge is 0.338 e. The maximum atomic E-state index is 11.8. The molecular formula is C16H13ClN2O5. The largest absolute Gasteiger partial charge is 0.452 e. The number of carbonyl (C=O) groups is 2. The third kappa shape index (κ3) is 4.79. The first-order valence-electron chi connectivity index (χ1n) is 6.89. The molecule has 0 aromatic heterocycles. The maximum absolute atomic E-state index is 11.8. The Hall–Kier alpha value is -2.93. The molecule has 1 amide bonds. The zero-order valence-corrected chi connectivity index (χ0v) is 13.2. The molecular weight excluding hydrogens is 336 g/mol. The number of nitrogens with one attached hydrogen (secondary N) is 1. The average molecular weight is 349 g/mol. The predicted octanol–water partition coefficient (Wildman–Crippen LogP) is 2.72. The van der Waals surface area contributed by atoms with Crippen LogP contribution in [0.1, 0.15) is 15.9 Å². The van der Waals surface area contributed by atoms with Crippen LogP contribution in [-0.4, -0.2) is 23.4 Å². The van der Waals surface area contributed by atoms with Crippen molar-refractivity contribution < 1.29 is 19.2 Å². The topological polar surface area (TPSA) is 98.5 Å². The van der Waals surface area contributed by atoms with E-state index >= 15 is 0 Å². The Bertz CT molecular complexity index is 761. The summed E-state index contributed by atoms with van der Waals surface area (Å²) in [5.41, 5.74) is 0.734. The highest BCUT2D eigenvalue weighted by atomic mass is 35.5. The number of esters is 1. The molecule has 2 aromatic carbocycles. The number of hydrogen-bond acceptors (Lipinski definition) is 5. The minimum absolute atomic E-state index is 0.125. The van der Waals surface area contributed by atoms with Crippen LogP contribution in [0.15, 0.2) is 48.5 Å². The average Bonchev–Trinajstić information content (AvgIpc) is 2.59. The lowest BCUT2D eigenvalue weighted by Gasteiger charge is -2.07. The first kappa shape index (κ1) is 17.4. The number of ether oxygens (including phenoxy) is 1. The predicted molar refractivity (Wildman–Crippen MR) is 86.7 cm³/mol. The van der Waals surface area contributed by atoms with E-state index in [9.17, 15) is 19.7 Å². The molecule has 124 valence electrons. The van der Waals surface area contributed by atoms with E-state index in [0.717, 1.165) is 5.56 Å². The maximum Gasteiger partial charge on any atom is 0.338 e. The number of rotatable bonds is 6. The molecule has 7 nitrogen and oxygen atoms in total. The fraction of sp³-hybridized carbons (Fsp3) is 0.125. The molecule has 8 heteroatoms. The van der Waals surface area contributed by atoms with E-state index in [1.165, 1.54) is 24.3 Å². The van der Waals surface area contributed by atoms with Gasteiger partial charge in [-0.1, -0.05) is 29.8 Å². The lowest BCUT2D eigenvalue weighted by atomic mass is 10.2. The summed E-state index contributed by atoms with van der Waals surface area (Å²) < 4.78 is 4.86. The quantitative estimate of drug-likeness (QED) is 0.491. The second-order valence-corrected chi connectivity index (χ2v) is 5.16. The molecule has 0 saturated carbocycles. The molecule has 0 fully saturated rings. The minimum atomic E-state index is -0.738. The van der Waals surface area contributed by atoms with E-state index in [1.54, 1.807) is 24.3 Å². The fourth-order valence-corrected chi connectivity index (χ4v) is 2.02. The van der Waals surface area contributed by atoms with Crippen LogP contribution in [0.4, 0.5) is 5.69 Å². The van der Waals surface area contributed by atoms with Gasteiger partial charge >= 0.3 is 5.97 Å². The molecule has 24 heavy (non-hydrogen) atoms. The zero-order chi connectivity index (χ0) is 17.5. The second kappa shape index (κ2) is 8.07. The van der Waals surface area contributed by atoms with Crippen molar-refractivity contribution in [1.29, 1.82) is 0 Å². The Labute approximate surface area is 142 Å². The van der Waals surface area contributed by atoms with Gasteiger partial charge in [0.25, 0.3) is 11.6 Å². The number of hydrogen-bond donors (Lipinski definition) is 1. The van der Waals surface area contributed by atoms with Gasteiger partial charge in [0.2, 0.25) is 0 Å². The summed E-state index contributed by atoms with van der Waals surface area (Å²) in [6, 6.07) is 12.0. The summed E-state index contributed by atoms with van der Waals surface area (Å²) in [5, 5.41) is 13.6. The third-order valence-corrected chi connectivity index (χ3v) is 3.45. The van der Waals surface area contributed by atoms with Crippen molar-refractivity contribution in [2.24, 2.45) is 0 Å². The van der Waals surface area contributed by atoms with Gasteiger partial charge in [0.15, 0.2) is 6.61 Å². The zero-order valence-electron chi connectivity index (χ0n) is 12.4. The number of nitro benzene ring substituents is 1. The molecule has 0 aliphatic carbocycles. The van der Waals surface area contributed by atoms with Crippen LogP contribution >= 0.6 is 11.6 Å². The van der Waals surface area contributed by atoms with Crippen molar-refractivity contribution in [3.8, 4) is 0 Å². The number of halogens is 1. The lowest BCUT2D eigenvalue weighted by molar-refractivity contribution is -0.384. The van der Waals surface area contributed by atoms with Gasteiger partial charge in [-0.3, -0.25) is 14.9 Å². The summed E-state index contributed by atoms with van der Waals surface area (Å²) in [6.45, 7) is -0.242. The van der Waals surface area contributed by atoms with E-state index in [0.29, 0.717) is 5.02 Å². The van der Waals surface area contributed by atoms with Crippen LogP contribution < -0.4 is 5.32 Å². The molecule has 0 atom stereocenters. The van der Waals surface area contributed by atoms with Crippen molar-refractivity contribution in [1.82, 2.24) is 5.32 Å². The van der Waals surface area contributed by atoms with Crippen LogP contribution in [0, 0.1) is 10.1 Å². The van der Waals surface area contributed by atoms with E-state index < -0.39 is 23.4 Å². The molecule has 2 aromatic rings. The van der Waals surface area contributed by atoms with Gasteiger partial charge in [-0.2, -0.15) is 0 Å². The van der Waals surface area contributed by atoms with Gasteiger partial charge in [-0.15, -0.1) is 0 Å². The second-order valence-electron chi connectivity index (χ2n) is 4.75. The molecule has 0 aliphatic heterocycles. The summed E-state index contributed by atoms with van der Waals surface area (Å²) in [7, 11) is 0. The Morgan fingerprint density at radius 1 is 1.12 bits per heavy atom. The summed E-state index contributed by atoms with van der Waals surface area (Å²) in [4.78, 5) is 33.4. The molecule has 0 unspecified atom stereocenters. The van der Waals surface area contributed by atoms with Gasteiger partial charge in [0, 0.05) is 23.7 Å². The monoisotopic (exact) mass is 348 g/mol. The summed E-state index contributed by atoms with van der Waals surface area (Å²) in [6.07, 6.45) is 0. The highest BCUT2D eigenvalue weighted by Crippen LogP contribution is 2.14. The lowest BCUT2D eigenvalue weighted by Crippen LogP contribution is -2.28. The van der Waals surface area contributed by atoms with Gasteiger partial charge in [-0.05, 0) is 23.8 Å². The van der Waals surface area contributed by atoms with Crippen molar-refractivity contribution in [3.63, 3.8) is 0 Å². The highest BCUT2D eigenvalue weighted by molar-refractivity contribution is 6.31. The normalized spacial score (nSPS) is 10.0. The summed E-state index contributed by atoms with van der Waals surface area (Å²) >= 11 is 5.97. The number of carbonyl (C=O) groups excluding carboxylic acids is 2. The Morgan fingerprint density at radius 2 is 1.79 bits per heavy atom. The van der Waals surface area contributed by atoms with Crippen molar-refractivity contribution >= 4 is 29.2 Å². The van der Waals surface area contributed by atoms with Gasteiger partial charge < -0.3 is 10.1 Å². The molecule has 0 radical (unpaired) electrons. The van der Waals surface area contributed by atoms with Crippen LogP contribution in [0.5, 0.6) is 0 Å². The van der Waals surface area contributed by atoms with Crippen LogP contribution in [0.25, 0.3) is 0 Å².